The SMILES string of the molecule is Clc1cc2nc(-c3ccc4c(c3)CCN4)[nH]c2cc1Cl. The molecule has 0 aliphatic carbocycles. The van der Waals surface area contributed by atoms with Gasteiger partial charge in [-0.2, -0.15) is 0 Å². The summed E-state index contributed by atoms with van der Waals surface area (Å²) < 4.78 is 0. The molecule has 0 saturated heterocycles. The van der Waals surface area contributed by atoms with Gasteiger partial charge in [0.2, 0.25) is 0 Å². The van der Waals surface area contributed by atoms with Gasteiger partial charge in [0.25, 0.3) is 0 Å². The van der Waals surface area contributed by atoms with Crippen molar-refractivity contribution >= 4 is 39.9 Å². The highest BCUT2D eigenvalue weighted by atomic mass is 35.5. The Bertz CT molecular complexity index is 784. The van der Waals surface area contributed by atoms with Gasteiger partial charge in [-0.1, -0.05) is 23.2 Å². The van der Waals surface area contributed by atoms with Gasteiger partial charge in [0, 0.05) is 17.8 Å². The second-order valence-electron chi connectivity index (χ2n) is 4.92. The predicted molar refractivity (Wildman–Crippen MR) is 83.7 cm³/mol. The van der Waals surface area contributed by atoms with Crippen LogP contribution in [-0.2, 0) is 6.42 Å². The molecule has 0 saturated carbocycles. The summed E-state index contributed by atoms with van der Waals surface area (Å²) in [5.74, 6) is 0.841. The van der Waals surface area contributed by atoms with Gasteiger partial charge in [0.15, 0.2) is 0 Å². The summed E-state index contributed by atoms with van der Waals surface area (Å²) in [7, 11) is 0. The summed E-state index contributed by atoms with van der Waals surface area (Å²) in [6, 6.07) is 9.94. The normalized spacial score (nSPS) is 13.5. The van der Waals surface area contributed by atoms with Crippen molar-refractivity contribution in [3.05, 3.63) is 45.9 Å². The molecule has 5 heteroatoms. The molecule has 2 aromatic carbocycles. The van der Waals surface area contributed by atoms with Crippen molar-refractivity contribution in [2.24, 2.45) is 0 Å². The van der Waals surface area contributed by atoms with E-state index in [1.165, 1.54) is 11.3 Å². The Kier molecular flexibility index (Phi) is 2.65. The summed E-state index contributed by atoms with van der Waals surface area (Å²) in [6.07, 6.45) is 1.06. The first-order valence-electron chi connectivity index (χ1n) is 6.43. The minimum absolute atomic E-state index is 0.523. The Morgan fingerprint density at radius 1 is 1.05 bits per heavy atom. The summed E-state index contributed by atoms with van der Waals surface area (Å²) in [4.78, 5) is 7.89. The summed E-state index contributed by atoms with van der Waals surface area (Å²) in [5.41, 5.74) is 5.35. The van der Waals surface area contributed by atoms with E-state index >= 15 is 0 Å². The number of aromatic nitrogens is 2. The number of hydrogen-bond donors (Lipinski definition) is 2. The molecule has 1 aliphatic heterocycles. The molecule has 0 bridgehead atoms. The van der Waals surface area contributed by atoms with Gasteiger partial charge < -0.3 is 10.3 Å². The first-order chi connectivity index (χ1) is 9.70. The maximum atomic E-state index is 6.03. The van der Waals surface area contributed by atoms with Crippen LogP contribution >= 0.6 is 23.2 Å². The van der Waals surface area contributed by atoms with Crippen molar-refractivity contribution in [2.75, 3.05) is 11.9 Å². The molecule has 1 aliphatic rings. The third-order valence-electron chi connectivity index (χ3n) is 3.61. The quantitative estimate of drug-likeness (QED) is 0.694. The topological polar surface area (TPSA) is 40.7 Å². The summed E-state index contributed by atoms with van der Waals surface area (Å²) in [6.45, 7) is 1.00. The monoisotopic (exact) mass is 303 g/mol. The van der Waals surface area contributed by atoms with Crippen LogP contribution in [0.25, 0.3) is 22.4 Å². The van der Waals surface area contributed by atoms with Crippen LogP contribution in [0.1, 0.15) is 5.56 Å². The number of nitrogens with one attached hydrogen (secondary N) is 2. The van der Waals surface area contributed by atoms with Gasteiger partial charge >= 0.3 is 0 Å². The minimum Gasteiger partial charge on any atom is -0.384 e. The van der Waals surface area contributed by atoms with Crippen molar-refractivity contribution in [1.29, 1.82) is 0 Å². The smallest absolute Gasteiger partial charge is 0.138 e. The first-order valence-corrected chi connectivity index (χ1v) is 7.18. The molecule has 1 aromatic heterocycles. The summed E-state index contributed by atoms with van der Waals surface area (Å²) in [5, 5.41) is 4.41. The Morgan fingerprint density at radius 3 is 2.80 bits per heavy atom. The highest BCUT2D eigenvalue weighted by Gasteiger charge is 2.13. The van der Waals surface area contributed by atoms with Gasteiger partial charge in [-0.25, -0.2) is 4.98 Å². The fraction of sp³-hybridized carbons (Fsp3) is 0.133. The average molecular weight is 304 g/mol. The Hall–Kier alpha value is -1.71. The van der Waals surface area contributed by atoms with Crippen LogP contribution in [0.2, 0.25) is 10.0 Å². The molecular formula is C15H11Cl2N3. The van der Waals surface area contributed by atoms with E-state index in [2.05, 4.69) is 33.5 Å². The lowest BCUT2D eigenvalue weighted by molar-refractivity contribution is 1.11. The number of halogens is 2. The predicted octanol–water partition coefficient (Wildman–Crippen LogP) is 4.50. The molecule has 0 spiro atoms. The summed E-state index contributed by atoms with van der Waals surface area (Å²) >= 11 is 12.1. The van der Waals surface area contributed by atoms with Crippen molar-refractivity contribution in [2.45, 2.75) is 6.42 Å². The fourth-order valence-corrected chi connectivity index (χ4v) is 2.92. The number of hydrogen-bond acceptors (Lipinski definition) is 2. The Morgan fingerprint density at radius 2 is 1.90 bits per heavy atom. The Labute approximate surface area is 125 Å². The van der Waals surface area contributed by atoms with Gasteiger partial charge in [-0.15, -0.1) is 0 Å². The van der Waals surface area contributed by atoms with Crippen LogP contribution in [-0.4, -0.2) is 16.5 Å². The third kappa shape index (κ3) is 1.86. The lowest BCUT2D eigenvalue weighted by Gasteiger charge is -2.01. The third-order valence-corrected chi connectivity index (χ3v) is 4.33. The zero-order chi connectivity index (χ0) is 13.7. The second-order valence-corrected chi connectivity index (χ2v) is 5.73. The highest BCUT2D eigenvalue weighted by molar-refractivity contribution is 6.42. The van der Waals surface area contributed by atoms with Gasteiger partial charge in [-0.3, -0.25) is 0 Å². The van der Waals surface area contributed by atoms with Crippen LogP contribution in [0, 0.1) is 0 Å². The molecule has 20 heavy (non-hydrogen) atoms. The van der Waals surface area contributed by atoms with Crippen molar-refractivity contribution in [3.8, 4) is 11.4 Å². The van der Waals surface area contributed by atoms with E-state index in [0.29, 0.717) is 10.0 Å². The molecular weight excluding hydrogens is 293 g/mol. The molecule has 0 radical (unpaired) electrons. The van der Waals surface area contributed by atoms with E-state index in [1.807, 2.05) is 6.07 Å². The molecule has 3 aromatic rings. The number of benzene rings is 2. The van der Waals surface area contributed by atoms with Crippen LogP contribution in [0.4, 0.5) is 5.69 Å². The highest BCUT2D eigenvalue weighted by Crippen LogP contribution is 2.31. The zero-order valence-corrected chi connectivity index (χ0v) is 12.0. The standard InChI is InChI=1S/C15H11Cl2N3/c16-10-6-13-14(7-11(10)17)20-15(19-13)9-1-2-12-8(5-9)3-4-18-12/h1-2,5-7,18H,3-4H2,(H,19,20). The number of nitrogens with zero attached hydrogens (tertiary/aromatic N) is 1. The second kappa shape index (κ2) is 4.40. The van der Waals surface area contributed by atoms with E-state index in [1.54, 1.807) is 6.07 Å². The molecule has 2 heterocycles. The lowest BCUT2D eigenvalue weighted by Crippen LogP contribution is -1.90. The van der Waals surface area contributed by atoms with Gasteiger partial charge in [-0.05, 0) is 42.3 Å². The van der Waals surface area contributed by atoms with Crippen LogP contribution in [0.3, 0.4) is 0 Å². The van der Waals surface area contributed by atoms with E-state index in [-0.39, 0.29) is 0 Å². The van der Waals surface area contributed by atoms with E-state index in [0.717, 1.165) is 35.4 Å². The van der Waals surface area contributed by atoms with Crippen LogP contribution < -0.4 is 5.32 Å². The van der Waals surface area contributed by atoms with Crippen molar-refractivity contribution in [3.63, 3.8) is 0 Å². The maximum Gasteiger partial charge on any atom is 0.138 e. The van der Waals surface area contributed by atoms with Gasteiger partial charge in [0.1, 0.15) is 5.82 Å². The van der Waals surface area contributed by atoms with E-state index in [9.17, 15) is 0 Å². The average Bonchev–Trinajstić information content (AvgIpc) is 3.04. The molecule has 3 nitrogen and oxygen atoms in total. The first kappa shape index (κ1) is 12.1. The van der Waals surface area contributed by atoms with E-state index < -0.39 is 0 Å². The number of imidazole rings is 1. The molecule has 2 N–H and O–H groups in total. The number of aromatic amines is 1. The fourth-order valence-electron chi connectivity index (χ4n) is 2.59. The Balaban J connectivity index is 1.86. The number of anilines is 1. The van der Waals surface area contributed by atoms with Crippen LogP contribution in [0.15, 0.2) is 30.3 Å². The maximum absolute atomic E-state index is 6.03. The number of rotatable bonds is 1. The molecule has 0 fully saturated rings. The molecule has 100 valence electrons. The van der Waals surface area contributed by atoms with Crippen molar-refractivity contribution < 1.29 is 0 Å². The van der Waals surface area contributed by atoms with Gasteiger partial charge in [0.05, 0.1) is 21.1 Å². The molecule has 0 atom stereocenters. The number of H-pyrrole nitrogens is 1. The number of fused-ring (bicyclic) bond motifs is 2. The lowest BCUT2D eigenvalue weighted by atomic mass is 10.1. The zero-order valence-electron chi connectivity index (χ0n) is 10.5. The molecule has 4 rings (SSSR count). The van der Waals surface area contributed by atoms with Crippen LogP contribution in [0.5, 0.6) is 0 Å². The molecule has 0 amide bonds. The largest absolute Gasteiger partial charge is 0.384 e. The van der Waals surface area contributed by atoms with E-state index in [4.69, 9.17) is 23.2 Å². The minimum atomic E-state index is 0.523. The molecule has 0 unspecified atom stereocenters. The van der Waals surface area contributed by atoms with Crippen molar-refractivity contribution in [1.82, 2.24) is 9.97 Å².